The van der Waals surface area contributed by atoms with Crippen molar-refractivity contribution < 1.29 is 18.2 Å². The van der Waals surface area contributed by atoms with Gasteiger partial charge in [-0.2, -0.15) is 0 Å². The first-order chi connectivity index (χ1) is 6.29. The van der Waals surface area contributed by atoms with Gasteiger partial charge in [0, 0.05) is 5.92 Å². The Labute approximate surface area is 106 Å². The molecule has 80 valence electrons. The molecule has 0 saturated carbocycles. The second-order valence-corrected chi connectivity index (χ2v) is 14.5. The van der Waals surface area contributed by atoms with Crippen molar-refractivity contribution in [3.8, 4) is 0 Å². The maximum absolute atomic E-state index is 5.00. The zero-order valence-corrected chi connectivity index (χ0v) is 13.9. The minimum absolute atomic E-state index is 1.47. The standard InChI is InChI=1S/C10H15.3ClH.Zr/c1-6-7(2)9(4)10(5)8(6)3;;;;/h1-5H3;3*1H;/q;;;;+3/p-3. The summed E-state index contributed by atoms with van der Waals surface area (Å²) in [4.78, 5) is 0. The zero-order valence-electron chi connectivity index (χ0n) is 9.13. The summed E-state index contributed by atoms with van der Waals surface area (Å²) in [5, 5.41) is 0. The molecular weight excluding hydrogens is 318 g/mol. The van der Waals surface area contributed by atoms with Crippen LogP contribution >= 0.6 is 25.5 Å². The Bertz CT molecular complexity index is 240. The number of hydrogen-bond donors (Lipinski definition) is 0. The van der Waals surface area contributed by atoms with Crippen LogP contribution in [-0.4, -0.2) is 0 Å². The molecule has 14 heavy (non-hydrogen) atoms. The fourth-order valence-corrected chi connectivity index (χ4v) is 1.41. The molecule has 1 rings (SSSR count). The van der Waals surface area contributed by atoms with E-state index in [2.05, 4.69) is 34.6 Å². The van der Waals surface area contributed by atoms with Crippen LogP contribution < -0.4 is 0 Å². The molecule has 0 amide bonds. The van der Waals surface area contributed by atoms with Crippen LogP contribution in [0.2, 0.25) is 0 Å². The summed E-state index contributed by atoms with van der Waals surface area (Å²) in [6, 6.07) is 0. The van der Waals surface area contributed by atoms with Gasteiger partial charge in [0.25, 0.3) is 0 Å². The van der Waals surface area contributed by atoms with Crippen LogP contribution in [0.3, 0.4) is 0 Å². The summed E-state index contributed by atoms with van der Waals surface area (Å²) >= 11 is -2.13. The molecule has 1 aliphatic rings. The molecule has 1 aliphatic carbocycles. The Balaban J connectivity index is 0.000000364. The van der Waals surface area contributed by atoms with Crippen molar-refractivity contribution in [1.29, 1.82) is 0 Å². The molecule has 0 nitrogen and oxygen atoms in total. The predicted molar refractivity (Wildman–Crippen MR) is 63.2 cm³/mol. The first-order valence-electron chi connectivity index (χ1n) is 4.32. The van der Waals surface area contributed by atoms with E-state index in [9.17, 15) is 0 Å². The van der Waals surface area contributed by atoms with Gasteiger partial charge >= 0.3 is 43.7 Å². The van der Waals surface area contributed by atoms with Crippen molar-refractivity contribution in [3.05, 3.63) is 28.2 Å². The minimum atomic E-state index is -2.13. The molecule has 0 N–H and O–H groups in total. The first-order valence-corrected chi connectivity index (χ1v) is 13.8. The third-order valence-electron chi connectivity index (χ3n) is 2.81. The summed E-state index contributed by atoms with van der Waals surface area (Å²) < 4.78 is 0. The van der Waals surface area contributed by atoms with Crippen molar-refractivity contribution in [2.45, 2.75) is 34.6 Å². The fraction of sp³-hybridized carbons (Fsp3) is 0.500. The molecule has 1 radical (unpaired) electrons. The van der Waals surface area contributed by atoms with E-state index in [1.165, 1.54) is 28.2 Å². The molecular formula is C10H15Cl3Zr. The molecule has 4 heteroatoms. The van der Waals surface area contributed by atoms with E-state index in [1.807, 2.05) is 0 Å². The molecule has 0 aromatic carbocycles. The van der Waals surface area contributed by atoms with Crippen LogP contribution in [0.1, 0.15) is 34.6 Å². The summed E-state index contributed by atoms with van der Waals surface area (Å²) in [5.74, 6) is 1.47. The van der Waals surface area contributed by atoms with E-state index in [0.717, 1.165) is 0 Å². The van der Waals surface area contributed by atoms with Gasteiger partial charge in [-0.05, 0) is 38.8 Å². The topological polar surface area (TPSA) is 0 Å². The first kappa shape index (κ1) is 15.2. The Hall–Kier alpha value is 1.23. The van der Waals surface area contributed by atoms with Gasteiger partial charge in [0.15, 0.2) is 0 Å². The Morgan fingerprint density at radius 2 is 0.857 bits per heavy atom. The van der Waals surface area contributed by atoms with Crippen molar-refractivity contribution in [2.24, 2.45) is 0 Å². The normalized spacial score (nSPS) is 17.1. The van der Waals surface area contributed by atoms with E-state index in [0.29, 0.717) is 0 Å². The molecule has 0 aliphatic heterocycles. The van der Waals surface area contributed by atoms with Crippen LogP contribution in [0, 0.1) is 5.92 Å². The Kier molecular flexibility index (Phi) is 7.33. The summed E-state index contributed by atoms with van der Waals surface area (Å²) in [6.07, 6.45) is 0. The molecule has 0 aromatic heterocycles. The molecule has 0 bridgehead atoms. The van der Waals surface area contributed by atoms with Crippen LogP contribution in [0.15, 0.2) is 22.3 Å². The SMILES string of the molecule is C[C]1C(C)=C(C)C(C)=C1C.[Cl][Zr]([Cl])[Cl]. The quantitative estimate of drug-likeness (QED) is 0.562. The van der Waals surface area contributed by atoms with Crippen molar-refractivity contribution in [1.82, 2.24) is 0 Å². The third kappa shape index (κ3) is 4.39. The van der Waals surface area contributed by atoms with Crippen LogP contribution in [0.4, 0.5) is 0 Å². The number of allylic oxidation sites excluding steroid dienone is 4. The molecule has 0 saturated heterocycles. The summed E-state index contributed by atoms with van der Waals surface area (Å²) in [5.41, 5.74) is 5.87. The number of halogens is 3. The van der Waals surface area contributed by atoms with E-state index in [4.69, 9.17) is 25.5 Å². The summed E-state index contributed by atoms with van der Waals surface area (Å²) in [6.45, 7) is 11.0. The van der Waals surface area contributed by atoms with Crippen LogP contribution in [0.5, 0.6) is 0 Å². The average Bonchev–Trinajstić information content (AvgIpc) is 2.23. The second kappa shape index (κ2) is 6.74. The van der Waals surface area contributed by atoms with E-state index in [-0.39, 0.29) is 0 Å². The molecule has 0 spiro atoms. The number of rotatable bonds is 0. The maximum atomic E-state index is 5.00. The predicted octanol–water partition coefficient (Wildman–Crippen LogP) is 5.33. The Morgan fingerprint density at radius 3 is 0.929 bits per heavy atom. The van der Waals surface area contributed by atoms with Gasteiger partial charge < -0.3 is 0 Å². The van der Waals surface area contributed by atoms with Gasteiger partial charge in [-0.25, -0.2) is 0 Å². The van der Waals surface area contributed by atoms with E-state index >= 15 is 0 Å². The monoisotopic (exact) mass is 330 g/mol. The van der Waals surface area contributed by atoms with E-state index in [1.54, 1.807) is 0 Å². The third-order valence-corrected chi connectivity index (χ3v) is 2.81. The molecule has 0 aromatic rings. The Morgan fingerprint density at radius 1 is 0.643 bits per heavy atom. The van der Waals surface area contributed by atoms with Gasteiger partial charge in [0.2, 0.25) is 0 Å². The van der Waals surface area contributed by atoms with Gasteiger partial charge in [-0.15, -0.1) is 0 Å². The average molecular weight is 333 g/mol. The van der Waals surface area contributed by atoms with E-state index < -0.39 is 18.2 Å². The van der Waals surface area contributed by atoms with Crippen LogP contribution in [-0.2, 0) is 18.2 Å². The zero-order chi connectivity index (χ0) is 11.5. The van der Waals surface area contributed by atoms with Gasteiger partial charge in [-0.1, -0.05) is 18.1 Å². The van der Waals surface area contributed by atoms with Gasteiger partial charge in [-0.3, -0.25) is 0 Å². The number of hydrogen-bond acceptors (Lipinski definition) is 0. The molecule has 0 atom stereocenters. The van der Waals surface area contributed by atoms with Gasteiger partial charge in [0.1, 0.15) is 0 Å². The molecule has 0 fully saturated rings. The fourth-order valence-electron chi connectivity index (χ4n) is 1.41. The van der Waals surface area contributed by atoms with Crippen molar-refractivity contribution in [3.63, 3.8) is 0 Å². The van der Waals surface area contributed by atoms with Crippen molar-refractivity contribution in [2.75, 3.05) is 0 Å². The second-order valence-electron chi connectivity index (χ2n) is 3.34. The van der Waals surface area contributed by atoms with Crippen LogP contribution in [0.25, 0.3) is 0 Å². The summed E-state index contributed by atoms with van der Waals surface area (Å²) in [7, 11) is 15.0. The molecule has 0 unspecified atom stereocenters. The molecule has 0 heterocycles. The van der Waals surface area contributed by atoms with Gasteiger partial charge in [0.05, 0.1) is 0 Å². The van der Waals surface area contributed by atoms with Crippen molar-refractivity contribution >= 4 is 25.5 Å².